The zero-order valence-corrected chi connectivity index (χ0v) is 19.3. The second-order valence-corrected chi connectivity index (χ2v) is 9.12. The van der Waals surface area contributed by atoms with Gasteiger partial charge in [-0.1, -0.05) is 0 Å². The highest BCUT2D eigenvalue weighted by Gasteiger charge is 2.43. The third-order valence-electron chi connectivity index (χ3n) is 6.56. The van der Waals surface area contributed by atoms with Crippen molar-refractivity contribution in [3.05, 3.63) is 52.6 Å². The molecule has 3 aromatic heterocycles. The SMILES string of the molecule is CO[C@]1(C(=O)O)CC[C@H](c2nc3c(-c4cnc5ccc(F)cc5c4)cnn3c(N)c2Br)CC1. The summed E-state index contributed by atoms with van der Waals surface area (Å²) < 4.78 is 21.3. The lowest BCUT2D eigenvalue weighted by Crippen LogP contribution is -2.43. The van der Waals surface area contributed by atoms with E-state index < -0.39 is 11.6 Å². The number of anilines is 1. The molecule has 3 heterocycles. The van der Waals surface area contributed by atoms with E-state index in [4.69, 9.17) is 15.5 Å². The maximum Gasteiger partial charge on any atom is 0.335 e. The monoisotopic (exact) mass is 513 g/mol. The first-order valence-electron chi connectivity index (χ1n) is 10.5. The molecule has 8 nitrogen and oxygen atoms in total. The van der Waals surface area contributed by atoms with Crippen molar-refractivity contribution in [1.82, 2.24) is 19.6 Å². The number of ether oxygens (including phenoxy) is 1. The first-order valence-corrected chi connectivity index (χ1v) is 11.3. The predicted molar refractivity (Wildman–Crippen MR) is 124 cm³/mol. The highest BCUT2D eigenvalue weighted by Crippen LogP contribution is 2.43. The number of hydrogen-bond donors (Lipinski definition) is 2. The van der Waals surface area contributed by atoms with Crippen molar-refractivity contribution in [2.24, 2.45) is 0 Å². The molecule has 1 aliphatic rings. The van der Waals surface area contributed by atoms with Crippen LogP contribution in [0.5, 0.6) is 0 Å². The first-order chi connectivity index (χ1) is 15.8. The van der Waals surface area contributed by atoms with Crippen molar-refractivity contribution >= 4 is 44.3 Å². The Morgan fingerprint density at radius 2 is 2.06 bits per heavy atom. The summed E-state index contributed by atoms with van der Waals surface area (Å²) in [5.41, 5.74) is 8.71. The largest absolute Gasteiger partial charge is 0.479 e. The number of hydrogen-bond acceptors (Lipinski definition) is 6. The van der Waals surface area contributed by atoms with Crippen molar-refractivity contribution < 1.29 is 19.0 Å². The second kappa shape index (κ2) is 8.03. The van der Waals surface area contributed by atoms with Crippen LogP contribution in [0.3, 0.4) is 0 Å². The number of halogens is 2. The minimum absolute atomic E-state index is 0.0147. The normalized spacial score (nSPS) is 21.0. The molecule has 3 N–H and O–H groups in total. The number of carboxylic acids is 1. The van der Waals surface area contributed by atoms with Gasteiger partial charge in [0, 0.05) is 35.7 Å². The number of fused-ring (bicyclic) bond motifs is 2. The highest BCUT2D eigenvalue weighted by molar-refractivity contribution is 9.10. The third kappa shape index (κ3) is 3.53. The maximum absolute atomic E-state index is 13.7. The number of nitrogens with zero attached hydrogens (tertiary/aromatic N) is 4. The summed E-state index contributed by atoms with van der Waals surface area (Å²) >= 11 is 3.57. The average molecular weight is 514 g/mol. The van der Waals surface area contributed by atoms with Gasteiger partial charge in [0.05, 0.1) is 21.9 Å². The van der Waals surface area contributed by atoms with Gasteiger partial charge in [0.15, 0.2) is 11.2 Å². The van der Waals surface area contributed by atoms with Gasteiger partial charge in [0.25, 0.3) is 0 Å². The third-order valence-corrected chi connectivity index (χ3v) is 7.38. The number of aromatic nitrogens is 4. The summed E-state index contributed by atoms with van der Waals surface area (Å²) in [6.07, 6.45) is 5.34. The molecule has 0 saturated heterocycles. The zero-order chi connectivity index (χ0) is 23.3. The van der Waals surface area contributed by atoms with Gasteiger partial charge in [0.2, 0.25) is 0 Å². The van der Waals surface area contributed by atoms with E-state index in [2.05, 4.69) is 26.0 Å². The highest BCUT2D eigenvalue weighted by atomic mass is 79.9. The van der Waals surface area contributed by atoms with E-state index in [0.29, 0.717) is 52.5 Å². The fourth-order valence-corrected chi connectivity index (χ4v) is 5.18. The average Bonchev–Trinajstić information content (AvgIpc) is 3.25. The summed E-state index contributed by atoms with van der Waals surface area (Å²) in [4.78, 5) is 21.0. The molecule has 0 aliphatic heterocycles. The van der Waals surface area contributed by atoms with Gasteiger partial charge in [-0.2, -0.15) is 9.61 Å². The lowest BCUT2D eigenvalue weighted by atomic mass is 9.77. The molecule has 5 rings (SSSR count). The number of nitrogen functional groups attached to an aromatic ring is 1. The Balaban J connectivity index is 1.57. The molecule has 0 unspecified atom stereocenters. The number of benzene rings is 1. The van der Waals surface area contributed by atoms with Gasteiger partial charge in [-0.15, -0.1) is 0 Å². The smallest absolute Gasteiger partial charge is 0.335 e. The van der Waals surface area contributed by atoms with Gasteiger partial charge < -0.3 is 15.6 Å². The number of pyridine rings is 1. The summed E-state index contributed by atoms with van der Waals surface area (Å²) in [6, 6.07) is 6.30. The summed E-state index contributed by atoms with van der Waals surface area (Å²) in [7, 11) is 1.44. The van der Waals surface area contributed by atoms with Crippen molar-refractivity contribution in [3.8, 4) is 11.1 Å². The topological polar surface area (TPSA) is 116 Å². The molecule has 0 radical (unpaired) electrons. The summed E-state index contributed by atoms with van der Waals surface area (Å²) in [6.45, 7) is 0. The molecule has 1 aromatic carbocycles. The van der Waals surface area contributed by atoms with Gasteiger partial charge >= 0.3 is 5.97 Å². The minimum atomic E-state index is -1.16. The van der Waals surface area contributed by atoms with E-state index in [0.717, 1.165) is 16.8 Å². The first kappa shape index (κ1) is 21.7. The maximum atomic E-state index is 13.7. The molecule has 0 spiro atoms. The van der Waals surface area contributed by atoms with Gasteiger partial charge in [-0.25, -0.2) is 14.2 Å². The number of nitrogens with two attached hydrogens (primary N) is 1. The number of methoxy groups -OCH3 is 1. The Labute approximate surface area is 196 Å². The number of carbonyl (C=O) groups is 1. The van der Waals surface area contributed by atoms with Crippen LogP contribution in [-0.4, -0.2) is 43.4 Å². The van der Waals surface area contributed by atoms with Gasteiger partial charge in [-0.05, 0) is 65.9 Å². The van der Waals surface area contributed by atoms with Crippen LogP contribution in [0, 0.1) is 5.82 Å². The Kier molecular flexibility index (Phi) is 5.29. The van der Waals surface area contributed by atoms with Crippen LogP contribution in [0.15, 0.2) is 41.1 Å². The molecule has 1 fully saturated rings. The van der Waals surface area contributed by atoms with E-state index in [1.54, 1.807) is 23.0 Å². The molecule has 33 heavy (non-hydrogen) atoms. The molecule has 10 heteroatoms. The van der Waals surface area contributed by atoms with Crippen LogP contribution >= 0.6 is 15.9 Å². The Bertz CT molecular complexity index is 1400. The summed E-state index contributed by atoms with van der Waals surface area (Å²) in [5.74, 6) is -0.854. The fourth-order valence-electron chi connectivity index (χ4n) is 4.60. The van der Waals surface area contributed by atoms with Crippen molar-refractivity contribution in [1.29, 1.82) is 0 Å². The van der Waals surface area contributed by atoms with Gasteiger partial charge in [-0.3, -0.25) is 4.98 Å². The lowest BCUT2D eigenvalue weighted by Gasteiger charge is -2.35. The van der Waals surface area contributed by atoms with Crippen LogP contribution in [-0.2, 0) is 9.53 Å². The van der Waals surface area contributed by atoms with Crippen molar-refractivity contribution in [2.75, 3.05) is 12.8 Å². The van der Waals surface area contributed by atoms with E-state index >= 15 is 0 Å². The standard InChI is InChI=1S/C23H21BrFN5O3/c1-33-23(22(31)32)6-4-12(5-7-23)19-18(24)20(26)30-21(29-19)16(11-28-30)14-8-13-9-15(25)2-3-17(13)27-10-14/h2-3,8-12H,4-7,26H2,1H3,(H,31,32)/t12-,23+. The van der Waals surface area contributed by atoms with Crippen LogP contribution < -0.4 is 5.73 Å². The molecule has 0 bridgehead atoms. The van der Waals surface area contributed by atoms with E-state index in [9.17, 15) is 14.3 Å². The predicted octanol–water partition coefficient (Wildman–Crippen LogP) is 4.56. The van der Waals surface area contributed by atoms with Crippen molar-refractivity contribution in [3.63, 3.8) is 0 Å². The lowest BCUT2D eigenvalue weighted by molar-refractivity contribution is -0.166. The Hall–Kier alpha value is -3.11. The molecule has 4 aromatic rings. The second-order valence-electron chi connectivity index (χ2n) is 8.33. The molecular formula is C23H21BrFN5O3. The molecule has 1 aliphatic carbocycles. The Morgan fingerprint density at radius 1 is 1.30 bits per heavy atom. The number of carboxylic acid groups (broad SMARTS) is 1. The van der Waals surface area contributed by atoms with E-state index in [1.807, 2.05) is 6.07 Å². The van der Waals surface area contributed by atoms with E-state index in [1.165, 1.54) is 19.2 Å². The van der Waals surface area contributed by atoms with Crippen LogP contribution in [0.2, 0.25) is 0 Å². The summed E-state index contributed by atoms with van der Waals surface area (Å²) in [5, 5.41) is 14.7. The quantitative estimate of drug-likeness (QED) is 0.410. The molecule has 170 valence electrons. The van der Waals surface area contributed by atoms with E-state index in [-0.39, 0.29) is 11.7 Å². The van der Waals surface area contributed by atoms with Gasteiger partial charge in [0.1, 0.15) is 11.6 Å². The molecular weight excluding hydrogens is 493 g/mol. The Morgan fingerprint density at radius 3 is 2.76 bits per heavy atom. The molecule has 0 amide bonds. The molecule has 1 saturated carbocycles. The number of rotatable bonds is 4. The number of aliphatic carboxylic acids is 1. The minimum Gasteiger partial charge on any atom is -0.479 e. The van der Waals surface area contributed by atoms with Crippen LogP contribution in [0.25, 0.3) is 27.7 Å². The van der Waals surface area contributed by atoms with Crippen LogP contribution in [0.4, 0.5) is 10.2 Å². The van der Waals surface area contributed by atoms with Crippen molar-refractivity contribution in [2.45, 2.75) is 37.2 Å². The zero-order valence-electron chi connectivity index (χ0n) is 17.8. The fraction of sp³-hybridized carbons (Fsp3) is 0.304. The molecule has 0 atom stereocenters. The van der Waals surface area contributed by atoms with Crippen LogP contribution in [0.1, 0.15) is 37.3 Å².